The molecule has 0 bridgehead atoms. The van der Waals surface area contributed by atoms with Crippen molar-refractivity contribution in [1.82, 2.24) is 10.2 Å². The van der Waals surface area contributed by atoms with Crippen LogP contribution in [0, 0.1) is 6.92 Å². The van der Waals surface area contributed by atoms with Gasteiger partial charge in [0.05, 0.1) is 12.5 Å². The molecule has 3 rings (SSSR count). The van der Waals surface area contributed by atoms with Gasteiger partial charge in [0.1, 0.15) is 0 Å². The van der Waals surface area contributed by atoms with Crippen LogP contribution in [0.4, 0.5) is 0 Å². The number of hydrogen-bond donors (Lipinski definition) is 1. The van der Waals surface area contributed by atoms with Gasteiger partial charge < -0.3 is 10.2 Å². The second-order valence-electron chi connectivity index (χ2n) is 6.70. The van der Waals surface area contributed by atoms with E-state index in [2.05, 4.69) is 17.4 Å². The van der Waals surface area contributed by atoms with Crippen molar-refractivity contribution in [3.8, 4) is 0 Å². The van der Waals surface area contributed by atoms with E-state index >= 15 is 0 Å². The highest BCUT2D eigenvalue weighted by molar-refractivity contribution is 5.79. The first kappa shape index (κ1) is 17.2. The summed E-state index contributed by atoms with van der Waals surface area (Å²) in [5.74, 6) is -0.0452. The molecule has 4 heteroatoms. The third-order valence-electron chi connectivity index (χ3n) is 4.72. The van der Waals surface area contributed by atoms with Crippen molar-refractivity contribution in [3.05, 3.63) is 70.8 Å². The van der Waals surface area contributed by atoms with E-state index in [1.807, 2.05) is 48.2 Å². The molecule has 0 spiro atoms. The summed E-state index contributed by atoms with van der Waals surface area (Å²) in [5.41, 5.74) is 4.66. The molecule has 2 amide bonds. The van der Waals surface area contributed by atoms with Crippen molar-refractivity contribution in [3.63, 3.8) is 0 Å². The maximum Gasteiger partial charge on any atom is 0.225 e. The molecule has 25 heavy (non-hydrogen) atoms. The molecule has 1 aliphatic rings. The van der Waals surface area contributed by atoms with Crippen LogP contribution < -0.4 is 5.32 Å². The van der Waals surface area contributed by atoms with Crippen molar-refractivity contribution in [1.29, 1.82) is 0 Å². The standard InChI is InChI=1S/C21H24N2O2/c1-15-7-9-18(10-8-15)20(22-16(2)24)13-21(25)23-12-11-17-5-3-4-6-19(17)14-23/h3-10,20H,11-14H2,1-2H3,(H,22,24)/t20-/m0/s1. The first-order valence-electron chi connectivity index (χ1n) is 8.71. The molecule has 1 N–H and O–H groups in total. The van der Waals surface area contributed by atoms with Gasteiger partial charge in [-0.15, -0.1) is 0 Å². The number of amides is 2. The molecular weight excluding hydrogens is 312 g/mol. The number of carbonyl (C=O) groups excluding carboxylic acids is 2. The highest BCUT2D eigenvalue weighted by Crippen LogP contribution is 2.23. The van der Waals surface area contributed by atoms with Gasteiger partial charge in [0.25, 0.3) is 0 Å². The van der Waals surface area contributed by atoms with Gasteiger partial charge in [-0.05, 0) is 30.0 Å². The van der Waals surface area contributed by atoms with Gasteiger partial charge >= 0.3 is 0 Å². The normalized spacial score (nSPS) is 14.6. The lowest BCUT2D eigenvalue weighted by Crippen LogP contribution is -2.38. The highest BCUT2D eigenvalue weighted by atomic mass is 16.2. The molecule has 0 fully saturated rings. The smallest absolute Gasteiger partial charge is 0.225 e. The summed E-state index contributed by atoms with van der Waals surface area (Å²) in [4.78, 5) is 26.3. The minimum atomic E-state index is -0.289. The van der Waals surface area contributed by atoms with E-state index in [9.17, 15) is 9.59 Å². The molecule has 130 valence electrons. The summed E-state index contributed by atoms with van der Waals surface area (Å²) in [6, 6.07) is 16.0. The van der Waals surface area contributed by atoms with Crippen LogP contribution in [-0.2, 0) is 22.6 Å². The second-order valence-corrected chi connectivity index (χ2v) is 6.70. The predicted octanol–water partition coefficient (Wildman–Crippen LogP) is 3.15. The summed E-state index contributed by atoms with van der Waals surface area (Å²) in [6.07, 6.45) is 1.17. The lowest BCUT2D eigenvalue weighted by molar-refractivity contribution is -0.133. The molecule has 0 saturated carbocycles. The van der Waals surface area contributed by atoms with Crippen molar-refractivity contribution in [2.45, 2.75) is 39.3 Å². The molecule has 0 saturated heterocycles. The molecule has 0 radical (unpaired) electrons. The Morgan fingerprint density at radius 1 is 1.08 bits per heavy atom. The van der Waals surface area contributed by atoms with Crippen molar-refractivity contribution in [2.24, 2.45) is 0 Å². The molecular formula is C21H24N2O2. The monoisotopic (exact) mass is 336 g/mol. The predicted molar refractivity (Wildman–Crippen MR) is 97.9 cm³/mol. The number of aryl methyl sites for hydroxylation is 1. The van der Waals surface area contributed by atoms with Gasteiger partial charge in [0.2, 0.25) is 11.8 Å². The molecule has 0 aliphatic carbocycles. The molecule has 4 nitrogen and oxygen atoms in total. The van der Waals surface area contributed by atoms with E-state index in [1.54, 1.807) is 0 Å². The Morgan fingerprint density at radius 2 is 1.76 bits per heavy atom. The van der Waals surface area contributed by atoms with E-state index in [1.165, 1.54) is 18.1 Å². The van der Waals surface area contributed by atoms with Crippen LogP contribution in [0.15, 0.2) is 48.5 Å². The van der Waals surface area contributed by atoms with Gasteiger partial charge in [0.15, 0.2) is 0 Å². The number of fused-ring (bicyclic) bond motifs is 1. The lowest BCUT2D eigenvalue weighted by atomic mass is 9.98. The number of carbonyl (C=O) groups is 2. The fraction of sp³-hybridized carbons (Fsp3) is 0.333. The van der Waals surface area contributed by atoms with Gasteiger partial charge in [-0.25, -0.2) is 0 Å². The maximum atomic E-state index is 12.8. The minimum Gasteiger partial charge on any atom is -0.349 e. The van der Waals surface area contributed by atoms with E-state index < -0.39 is 0 Å². The summed E-state index contributed by atoms with van der Waals surface area (Å²) >= 11 is 0. The summed E-state index contributed by atoms with van der Waals surface area (Å²) in [7, 11) is 0. The zero-order valence-corrected chi connectivity index (χ0v) is 14.8. The summed E-state index contributed by atoms with van der Waals surface area (Å²) < 4.78 is 0. The molecule has 2 aromatic rings. The first-order chi connectivity index (χ1) is 12.0. The van der Waals surface area contributed by atoms with E-state index in [0.717, 1.165) is 24.1 Å². The largest absolute Gasteiger partial charge is 0.349 e. The molecule has 1 heterocycles. The number of rotatable bonds is 4. The molecule has 1 atom stereocenters. The number of hydrogen-bond acceptors (Lipinski definition) is 2. The minimum absolute atomic E-state index is 0.0776. The van der Waals surface area contributed by atoms with Gasteiger partial charge in [0, 0.05) is 20.0 Å². The summed E-state index contributed by atoms with van der Waals surface area (Å²) in [6.45, 7) is 4.89. The maximum absolute atomic E-state index is 12.8. The third-order valence-corrected chi connectivity index (χ3v) is 4.72. The fourth-order valence-corrected chi connectivity index (χ4v) is 3.31. The molecule has 2 aromatic carbocycles. The second kappa shape index (κ2) is 7.51. The lowest BCUT2D eigenvalue weighted by Gasteiger charge is -2.30. The van der Waals surface area contributed by atoms with Crippen molar-refractivity contribution >= 4 is 11.8 Å². The Balaban J connectivity index is 1.72. The zero-order chi connectivity index (χ0) is 17.8. The number of benzene rings is 2. The number of nitrogens with one attached hydrogen (secondary N) is 1. The van der Waals surface area contributed by atoms with E-state index in [-0.39, 0.29) is 24.3 Å². The van der Waals surface area contributed by atoms with Crippen LogP contribution in [0.5, 0.6) is 0 Å². The van der Waals surface area contributed by atoms with E-state index in [4.69, 9.17) is 0 Å². The van der Waals surface area contributed by atoms with Crippen LogP contribution in [0.3, 0.4) is 0 Å². The first-order valence-corrected chi connectivity index (χ1v) is 8.71. The Bertz CT molecular complexity index is 768. The zero-order valence-electron chi connectivity index (χ0n) is 14.8. The topological polar surface area (TPSA) is 49.4 Å². The average molecular weight is 336 g/mol. The van der Waals surface area contributed by atoms with Gasteiger partial charge in [-0.2, -0.15) is 0 Å². The average Bonchev–Trinajstić information content (AvgIpc) is 2.61. The van der Waals surface area contributed by atoms with Gasteiger partial charge in [-0.1, -0.05) is 54.1 Å². The quantitative estimate of drug-likeness (QED) is 0.932. The van der Waals surface area contributed by atoms with Crippen LogP contribution in [0.1, 0.15) is 41.6 Å². The Morgan fingerprint density at radius 3 is 2.44 bits per heavy atom. The van der Waals surface area contributed by atoms with Crippen LogP contribution in [0.25, 0.3) is 0 Å². The highest BCUT2D eigenvalue weighted by Gasteiger charge is 2.24. The van der Waals surface area contributed by atoms with Gasteiger partial charge in [-0.3, -0.25) is 9.59 Å². The Labute approximate surface area is 148 Å². The number of nitrogens with zero attached hydrogens (tertiary/aromatic N) is 1. The molecule has 0 aromatic heterocycles. The van der Waals surface area contributed by atoms with Crippen LogP contribution in [0.2, 0.25) is 0 Å². The summed E-state index contributed by atoms with van der Waals surface area (Å²) in [5, 5.41) is 2.92. The third kappa shape index (κ3) is 4.27. The van der Waals surface area contributed by atoms with Crippen LogP contribution in [-0.4, -0.2) is 23.3 Å². The molecule has 1 aliphatic heterocycles. The fourth-order valence-electron chi connectivity index (χ4n) is 3.31. The van der Waals surface area contributed by atoms with E-state index in [0.29, 0.717) is 6.54 Å². The van der Waals surface area contributed by atoms with Crippen LogP contribution >= 0.6 is 0 Å². The van der Waals surface area contributed by atoms with Crippen molar-refractivity contribution in [2.75, 3.05) is 6.54 Å². The Hall–Kier alpha value is -2.62. The SMILES string of the molecule is CC(=O)N[C@@H](CC(=O)N1CCc2ccccc2C1)c1ccc(C)cc1. The molecule has 0 unspecified atom stereocenters. The van der Waals surface area contributed by atoms with Crippen molar-refractivity contribution < 1.29 is 9.59 Å². The Kier molecular flexibility index (Phi) is 5.17.